The zero-order chi connectivity index (χ0) is 14.8. The molecule has 0 saturated carbocycles. The van der Waals surface area contributed by atoms with E-state index in [-0.39, 0.29) is 6.04 Å². The monoisotopic (exact) mass is 275 g/mol. The van der Waals surface area contributed by atoms with Crippen LogP contribution < -0.4 is 5.32 Å². The summed E-state index contributed by atoms with van der Waals surface area (Å²) in [6.07, 6.45) is 3.81. The average Bonchev–Trinajstić information content (AvgIpc) is 2.36. The summed E-state index contributed by atoms with van der Waals surface area (Å²) in [5, 5.41) is 14.8. The maximum absolute atomic E-state index is 11.2. The van der Waals surface area contributed by atoms with Crippen molar-refractivity contribution in [3.8, 4) is 0 Å². The quantitative estimate of drug-likeness (QED) is 0.842. The highest BCUT2D eigenvalue weighted by Gasteiger charge is 2.39. The van der Waals surface area contributed by atoms with Gasteiger partial charge >= 0.3 is 0 Å². The van der Waals surface area contributed by atoms with Crippen molar-refractivity contribution >= 4 is 5.69 Å². The Balaban J connectivity index is 2.18. The number of aliphatic hydroxyl groups is 1. The number of hydrogen-bond acceptors (Lipinski definition) is 2. The van der Waals surface area contributed by atoms with Gasteiger partial charge in [0, 0.05) is 5.69 Å². The first-order chi connectivity index (χ1) is 9.40. The Morgan fingerprint density at radius 3 is 2.35 bits per heavy atom. The molecule has 1 unspecified atom stereocenters. The van der Waals surface area contributed by atoms with E-state index in [0.29, 0.717) is 11.8 Å². The third kappa shape index (κ3) is 3.54. The number of nitrogens with one attached hydrogen (secondary N) is 1. The Hall–Kier alpha value is -1.02. The van der Waals surface area contributed by atoms with Gasteiger partial charge < -0.3 is 10.4 Å². The molecular formula is C18H29NO. The summed E-state index contributed by atoms with van der Waals surface area (Å²) in [7, 11) is 0. The lowest BCUT2D eigenvalue weighted by Gasteiger charge is -2.42. The zero-order valence-corrected chi connectivity index (χ0v) is 13.3. The van der Waals surface area contributed by atoms with Gasteiger partial charge in [0.25, 0.3) is 0 Å². The molecule has 0 fully saturated rings. The van der Waals surface area contributed by atoms with E-state index in [9.17, 15) is 5.11 Å². The minimum atomic E-state index is -0.601. The number of anilines is 1. The molecule has 2 nitrogen and oxygen atoms in total. The van der Waals surface area contributed by atoms with Crippen molar-refractivity contribution in [2.75, 3.05) is 5.32 Å². The van der Waals surface area contributed by atoms with Crippen LogP contribution in [-0.4, -0.2) is 16.7 Å². The lowest BCUT2D eigenvalue weighted by molar-refractivity contribution is -0.0197. The van der Waals surface area contributed by atoms with E-state index in [1.54, 1.807) is 0 Å². The van der Waals surface area contributed by atoms with Gasteiger partial charge in [-0.2, -0.15) is 0 Å². The van der Waals surface area contributed by atoms with Crippen LogP contribution in [0.3, 0.4) is 0 Å². The Kier molecular flexibility index (Phi) is 4.74. The second kappa shape index (κ2) is 6.17. The molecule has 0 radical (unpaired) electrons. The predicted octanol–water partition coefficient (Wildman–Crippen LogP) is 4.24. The maximum Gasteiger partial charge on any atom is 0.0852 e. The highest BCUT2D eigenvalue weighted by atomic mass is 16.3. The summed E-state index contributed by atoms with van der Waals surface area (Å²) < 4.78 is 0. The molecule has 1 aromatic carbocycles. The van der Waals surface area contributed by atoms with Crippen LogP contribution in [0.15, 0.2) is 24.3 Å². The molecule has 1 aromatic rings. The standard InChI is InChI=1S/C18H29NO/c1-13(2)11-18(20,12-14(3)4)17-10-9-15-7-5-6-8-16(15)19-17/h5-8,13-14,17,19-20H,9-12H2,1-4H3. The number of benzene rings is 1. The molecular weight excluding hydrogens is 246 g/mol. The third-order valence-corrected chi connectivity index (χ3v) is 4.22. The van der Waals surface area contributed by atoms with Crippen LogP contribution in [0.2, 0.25) is 0 Å². The van der Waals surface area contributed by atoms with E-state index < -0.39 is 5.60 Å². The summed E-state index contributed by atoms with van der Waals surface area (Å²) >= 11 is 0. The maximum atomic E-state index is 11.2. The minimum Gasteiger partial charge on any atom is -0.388 e. The van der Waals surface area contributed by atoms with Crippen LogP contribution >= 0.6 is 0 Å². The van der Waals surface area contributed by atoms with Crippen molar-refractivity contribution in [3.63, 3.8) is 0 Å². The Morgan fingerprint density at radius 2 is 1.75 bits per heavy atom. The Bertz CT molecular complexity index is 429. The second-order valence-electron chi connectivity index (χ2n) is 7.19. The van der Waals surface area contributed by atoms with Crippen LogP contribution in [0.4, 0.5) is 5.69 Å². The molecule has 2 heteroatoms. The van der Waals surface area contributed by atoms with Gasteiger partial charge in [-0.3, -0.25) is 0 Å². The van der Waals surface area contributed by atoms with E-state index >= 15 is 0 Å². The number of aryl methyl sites for hydroxylation is 1. The van der Waals surface area contributed by atoms with E-state index in [0.717, 1.165) is 25.7 Å². The smallest absolute Gasteiger partial charge is 0.0852 e. The first-order valence-electron chi connectivity index (χ1n) is 7.97. The van der Waals surface area contributed by atoms with E-state index in [4.69, 9.17) is 0 Å². The molecule has 0 saturated heterocycles. The molecule has 0 spiro atoms. The molecule has 0 bridgehead atoms. The molecule has 1 aliphatic rings. The van der Waals surface area contributed by atoms with Crippen molar-refractivity contribution in [2.45, 2.75) is 65.0 Å². The van der Waals surface area contributed by atoms with Crippen LogP contribution in [0.25, 0.3) is 0 Å². The lowest BCUT2D eigenvalue weighted by Crippen LogP contribution is -2.50. The van der Waals surface area contributed by atoms with Crippen LogP contribution in [0.5, 0.6) is 0 Å². The van der Waals surface area contributed by atoms with Gasteiger partial charge in [-0.25, -0.2) is 0 Å². The topological polar surface area (TPSA) is 32.3 Å². The fourth-order valence-corrected chi connectivity index (χ4v) is 3.62. The molecule has 0 amide bonds. The molecule has 2 rings (SSSR count). The molecule has 1 aliphatic heterocycles. The summed E-state index contributed by atoms with van der Waals surface area (Å²) in [5.41, 5.74) is 1.98. The zero-order valence-electron chi connectivity index (χ0n) is 13.3. The van der Waals surface area contributed by atoms with E-state index in [2.05, 4.69) is 57.3 Å². The highest BCUT2D eigenvalue weighted by Crippen LogP contribution is 2.35. The van der Waals surface area contributed by atoms with Crippen molar-refractivity contribution in [1.82, 2.24) is 0 Å². The van der Waals surface area contributed by atoms with Gasteiger partial charge in [0.1, 0.15) is 0 Å². The Labute approximate surface area is 123 Å². The molecule has 0 aromatic heterocycles. The van der Waals surface area contributed by atoms with Crippen LogP contribution in [-0.2, 0) is 6.42 Å². The molecule has 20 heavy (non-hydrogen) atoms. The fraction of sp³-hybridized carbons (Fsp3) is 0.667. The first kappa shape index (κ1) is 15.4. The number of rotatable bonds is 5. The van der Waals surface area contributed by atoms with Gasteiger partial charge in [0.05, 0.1) is 11.6 Å². The SMILES string of the molecule is CC(C)CC(O)(CC(C)C)C1CCc2ccccc2N1. The Morgan fingerprint density at radius 1 is 1.15 bits per heavy atom. The molecule has 0 aliphatic carbocycles. The lowest BCUT2D eigenvalue weighted by atomic mass is 9.76. The van der Waals surface area contributed by atoms with Gasteiger partial charge in [-0.1, -0.05) is 45.9 Å². The normalized spacial score (nSPS) is 19.1. The molecule has 1 heterocycles. The summed E-state index contributed by atoms with van der Waals surface area (Å²) in [5.74, 6) is 1.02. The largest absolute Gasteiger partial charge is 0.388 e. The van der Waals surface area contributed by atoms with Gasteiger partial charge in [-0.05, 0) is 49.1 Å². The average molecular weight is 275 g/mol. The number of para-hydroxylation sites is 1. The molecule has 1 atom stereocenters. The van der Waals surface area contributed by atoms with Crippen LogP contribution in [0, 0.1) is 11.8 Å². The highest BCUT2D eigenvalue weighted by molar-refractivity contribution is 5.54. The van der Waals surface area contributed by atoms with Crippen molar-refractivity contribution in [1.29, 1.82) is 0 Å². The van der Waals surface area contributed by atoms with E-state index in [1.807, 2.05) is 0 Å². The third-order valence-electron chi connectivity index (χ3n) is 4.22. The molecule has 2 N–H and O–H groups in total. The first-order valence-corrected chi connectivity index (χ1v) is 7.97. The van der Waals surface area contributed by atoms with Gasteiger partial charge in [0.15, 0.2) is 0 Å². The van der Waals surface area contributed by atoms with Crippen LogP contribution in [0.1, 0.15) is 52.5 Å². The van der Waals surface area contributed by atoms with Gasteiger partial charge in [-0.15, -0.1) is 0 Å². The van der Waals surface area contributed by atoms with Gasteiger partial charge in [0.2, 0.25) is 0 Å². The fourth-order valence-electron chi connectivity index (χ4n) is 3.62. The summed E-state index contributed by atoms with van der Waals surface area (Å²) in [6.45, 7) is 8.79. The molecule has 112 valence electrons. The predicted molar refractivity (Wildman–Crippen MR) is 86.0 cm³/mol. The minimum absolute atomic E-state index is 0.169. The number of hydrogen-bond donors (Lipinski definition) is 2. The van der Waals surface area contributed by atoms with Crippen molar-refractivity contribution in [2.24, 2.45) is 11.8 Å². The summed E-state index contributed by atoms with van der Waals surface area (Å²) in [4.78, 5) is 0. The van der Waals surface area contributed by atoms with Crippen molar-refractivity contribution < 1.29 is 5.11 Å². The second-order valence-corrected chi connectivity index (χ2v) is 7.19. The number of fused-ring (bicyclic) bond motifs is 1. The van der Waals surface area contributed by atoms with E-state index in [1.165, 1.54) is 11.3 Å². The van der Waals surface area contributed by atoms with Crippen molar-refractivity contribution in [3.05, 3.63) is 29.8 Å². The summed E-state index contributed by atoms with van der Waals surface area (Å²) in [6, 6.07) is 8.64.